The molecular weight excluding hydrogens is 364 g/mol. The van der Waals surface area contributed by atoms with E-state index < -0.39 is 29.1 Å². The summed E-state index contributed by atoms with van der Waals surface area (Å²) in [6, 6.07) is 8.58. The number of nitro benzene ring substituents is 1. The molecule has 0 atom stereocenters. The van der Waals surface area contributed by atoms with Crippen molar-refractivity contribution in [3.05, 3.63) is 62.7 Å². The zero-order valence-electron chi connectivity index (χ0n) is 13.9. The lowest BCUT2D eigenvalue weighted by Gasteiger charge is -2.09. The minimum absolute atomic E-state index is 0.00491. The number of hydrogen-bond donors (Lipinski definition) is 1. The molecule has 136 valence electrons. The molecule has 0 saturated heterocycles. The first-order chi connectivity index (χ1) is 12.3. The summed E-state index contributed by atoms with van der Waals surface area (Å²) >= 11 is 5.98. The van der Waals surface area contributed by atoms with Crippen molar-refractivity contribution in [1.82, 2.24) is 0 Å². The van der Waals surface area contributed by atoms with Gasteiger partial charge in [-0.15, -0.1) is 0 Å². The third-order valence-corrected chi connectivity index (χ3v) is 3.80. The van der Waals surface area contributed by atoms with Crippen LogP contribution in [0.1, 0.15) is 15.9 Å². The standard InChI is InChI=1S/C17H15ClN2O6/c1-10-3-5-12(8-13(10)18)19-16(21)9-26-15-6-4-11(17(22)25-2)7-14(15)20(23)24/h3-8H,9H2,1-2H3,(H,19,21). The molecule has 0 aliphatic rings. The molecule has 0 unspecified atom stereocenters. The maximum Gasteiger partial charge on any atom is 0.338 e. The summed E-state index contributed by atoms with van der Waals surface area (Å²) in [4.78, 5) is 33.9. The Morgan fingerprint density at radius 1 is 1.23 bits per heavy atom. The van der Waals surface area contributed by atoms with Crippen LogP contribution in [0.15, 0.2) is 36.4 Å². The molecule has 2 aromatic carbocycles. The Hall–Kier alpha value is -3.13. The number of carbonyl (C=O) groups excluding carboxylic acids is 2. The minimum atomic E-state index is -0.714. The van der Waals surface area contributed by atoms with E-state index in [2.05, 4.69) is 10.1 Å². The van der Waals surface area contributed by atoms with Crippen LogP contribution in [-0.2, 0) is 9.53 Å². The largest absolute Gasteiger partial charge is 0.477 e. The number of nitro groups is 1. The monoisotopic (exact) mass is 378 g/mol. The topological polar surface area (TPSA) is 108 Å². The number of hydrogen-bond acceptors (Lipinski definition) is 6. The van der Waals surface area contributed by atoms with Gasteiger partial charge >= 0.3 is 11.7 Å². The first-order valence-electron chi connectivity index (χ1n) is 7.37. The second kappa shape index (κ2) is 8.30. The lowest BCUT2D eigenvalue weighted by molar-refractivity contribution is -0.385. The van der Waals surface area contributed by atoms with Crippen molar-refractivity contribution in [2.24, 2.45) is 0 Å². The fourth-order valence-corrected chi connectivity index (χ4v) is 2.22. The molecule has 2 rings (SSSR count). The number of amides is 1. The molecule has 8 nitrogen and oxygen atoms in total. The van der Waals surface area contributed by atoms with Crippen molar-refractivity contribution in [2.75, 3.05) is 19.0 Å². The number of anilines is 1. The van der Waals surface area contributed by atoms with E-state index in [-0.39, 0.29) is 11.3 Å². The third-order valence-electron chi connectivity index (χ3n) is 3.39. The molecule has 0 fully saturated rings. The Labute approximate surface area is 153 Å². The molecule has 0 saturated carbocycles. The molecule has 1 N–H and O–H groups in total. The van der Waals surface area contributed by atoms with Crippen LogP contribution in [0, 0.1) is 17.0 Å². The highest BCUT2D eigenvalue weighted by Crippen LogP contribution is 2.28. The Kier molecular flexibility index (Phi) is 6.13. The van der Waals surface area contributed by atoms with Gasteiger partial charge in [0.25, 0.3) is 5.91 Å². The van der Waals surface area contributed by atoms with Crippen LogP contribution in [0.3, 0.4) is 0 Å². The number of nitrogens with zero attached hydrogens (tertiary/aromatic N) is 1. The highest BCUT2D eigenvalue weighted by molar-refractivity contribution is 6.31. The Morgan fingerprint density at radius 2 is 1.96 bits per heavy atom. The SMILES string of the molecule is COC(=O)c1ccc(OCC(=O)Nc2ccc(C)c(Cl)c2)c([N+](=O)[O-])c1. The Morgan fingerprint density at radius 3 is 2.58 bits per heavy atom. The Balaban J connectivity index is 2.08. The molecule has 0 heterocycles. The molecule has 1 amide bonds. The number of halogens is 1. The van der Waals surface area contributed by atoms with Crippen LogP contribution in [0.4, 0.5) is 11.4 Å². The number of nitrogens with one attached hydrogen (secondary N) is 1. The van der Waals surface area contributed by atoms with Crippen molar-refractivity contribution in [3.63, 3.8) is 0 Å². The van der Waals surface area contributed by atoms with Gasteiger partial charge in [-0.05, 0) is 36.8 Å². The van der Waals surface area contributed by atoms with Gasteiger partial charge in [-0.1, -0.05) is 17.7 Å². The van der Waals surface area contributed by atoms with Crippen LogP contribution in [0.2, 0.25) is 5.02 Å². The number of benzene rings is 2. The highest BCUT2D eigenvalue weighted by Gasteiger charge is 2.20. The van der Waals surface area contributed by atoms with Crippen molar-refractivity contribution < 1.29 is 24.0 Å². The molecule has 0 aliphatic carbocycles. The van der Waals surface area contributed by atoms with Crippen LogP contribution in [0.25, 0.3) is 0 Å². The number of esters is 1. The first-order valence-corrected chi connectivity index (χ1v) is 7.75. The minimum Gasteiger partial charge on any atom is -0.477 e. The van der Waals surface area contributed by atoms with Crippen LogP contribution < -0.4 is 10.1 Å². The van der Waals surface area contributed by atoms with Gasteiger partial charge in [0.05, 0.1) is 17.6 Å². The van der Waals surface area contributed by atoms with Crippen molar-refractivity contribution in [3.8, 4) is 5.75 Å². The maximum atomic E-state index is 12.0. The predicted octanol–water partition coefficient (Wildman–Crippen LogP) is 3.36. The molecule has 2 aromatic rings. The lowest BCUT2D eigenvalue weighted by Crippen LogP contribution is -2.20. The van der Waals surface area contributed by atoms with Crippen molar-refractivity contribution in [1.29, 1.82) is 0 Å². The summed E-state index contributed by atoms with van der Waals surface area (Å²) in [5.41, 5.74) is 0.899. The molecule has 26 heavy (non-hydrogen) atoms. The fourth-order valence-electron chi connectivity index (χ4n) is 2.04. The Bertz CT molecular complexity index is 868. The van der Waals surface area contributed by atoms with E-state index >= 15 is 0 Å². The van der Waals surface area contributed by atoms with Gasteiger partial charge in [-0.25, -0.2) is 4.79 Å². The average molecular weight is 379 g/mol. The van der Waals surface area contributed by atoms with Crippen LogP contribution in [-0.4, -0.2) is 30.5 Å². The number of methoxy groups -OCH3 is 1. The summed E-state index contributed by atoms with van der Waals surface area (Å²) in [6.07, 6.45) is 0. The van der Waals surface area contributed by atoms with Gasteiger partial charge in [0.2, 0.25) is 0 Å². The highest BCUT2D eigenvalue weighted by atomic mass is 35.5. The fraction of sp³-hybridized carbons (Fsp3) is 0.176. The van der Waals surface area contributed by atoms with E-state index in [0.29, 0.717) is 10.7 Å². The predicted molar refractivity (Wildman–Crippen MR) is 94.7 cm³/mol. The smallest absolute Gasteiger partial charge is 0.338 e. The van der Waals surface area contributed by atoms with Gasteiger partial charge < -0.3 is 14.8 Å². The zero-order chi connectivity index (χ0) is 19.3. The molecule has 0 aliphatic heterocycles. The van der Waals surface area contributed by atoms with Gasteiger partial charge in [-0.3, -0.25) is 14.9 Å². The van der Waals surface area contributed by atoms with E-state index in [1.54, 1.807) is 18.2 Å². The quantitative estimate of drug-likeness (QED) is 0.469. The van der Waals surface area contributed by atoms with Crippen molar-refractivity contribution >= 4 is 34.9 Å². The summed E-state index contributed by atoms with van der Waals surface area (Å²) in [7, 11) is 1.17. The van der Waals surface area contributed by atoms with Gasteiger partial charge in [0.1, 0.15) is 0 Å². The van der Waals surface area contributed by atoms with E-state index in [1.165, 1.54) is 19.2 Å². The van der Waals surface area contributed by atoms with Gasteiger partial charge in [0.15, 0.2) is 12.4 Å². The van der Waals surface area contributed by atoms with Gasteiger partial charge in [0, 0.05) is 16.8 Å². The van der Waals surface area contributed by atoms with Crippen LogP contribution in [0.5, 0.6) is 5.75 Å². The number of ether oxygens (including phenoxy) is 2. The van der Waals surface area contributed by atoms with E-state index in [9.17, 15) is 19.7 Å². The number of aryl methyl sites for hydroxylation is 1. The third kappa shape index (κ3) is 4.70. The second-order valence-electron chi connectivity index (χ2n) is 5.23. The van der Waals surface area contributed by atoms with Gasteiger partial charge in [-0.2, -0.15) is 0 Å². The summed E-state index contributed by atoms with van der Waals surface area (Å²) < 4.78 is 9.73. The molecule has 9 heteroatoms. The van der Waals surface area contributed by atoms with E-state index in [0.717, 1.165) is 11.6 Å². The number of rotatable bonds is 6. The maximum absolute atomic E-state index is 12.0. The normalized spacial score (nSPS) is 10.1. The molecule has 0 bridgehead atoms. The summed E-state index contributed by atoms with van der Waals surface area (Å²) in [5, 5.41) is 14.2. The molecular formula is C17H15ClN2O6. The summed E-state index contributed by atoms with van der Waals surface area (Å²) in [6.45, 7) is 1.37. The molecule has 0 aromatic heterocycles. The van der Waals surface area contributed by atoms with Crippen molar-refractivity contribution in [2.45, 2.75) is 6.92 Å². The number of carbonyl (C=O) groups is 2. The molecule has 0 radical (unpaired) electrons. The zero-order valence-corrected chi connectivity index (χ0v) is 14.7. The average Bonchev–Trinajstić information content (AvgIpc) is 2.62. The van der Waals surface area contributed by atoms with E-state index in [4.69, 9.17) is 16.3 Å². The summed E-state index contributed by atoms with van der Waals surface area (Å²) in [5.74, 6) is -1.37. The van der Waals surface area contributed by atoms with E-state index in [1.807, 2.05) is 6.92 Å². The first kappa shape index (κ1) is 19.2. The second-order valence-corrected chi connectivity index (χ2v) is 5.64. The molecule has 0 spiro atoms. The lowest BCUT2D eigenvalue weighted by atomic mass is 10.2. The van der Waals surface area contributed by atoms with Crippen LogP contribution >= 0.6 is 11.6 Å².